The largest absolute Gasteiger partial charge is 0.490 e. The predicted octanol–water partition coefficient (Wildman–Crippen LogP) is 1.39. The number of pyridine rings is 1. The summed E-state index contributed by atoms with van der Waals surface area (Å²) in [5.41, 5.74) is 9.47. The molecule has 1 aliphatic rings. The highest BCUT2D eigenvalue weighted by Gasteiger charge is 2.26. The van der Waals surface area contributed by atoms with Gasteiger partial charge in [0.15, 0.2) is 0 Å². The smallest absolute Gasteiger partial charge is 0.423 e. The second-order valence-electron chi connectivity index (χ2n) is 7.49. The van der Waals surface area contributed by atoms with Crippen molar-refractivity contribution in [3.05, 3.63) is 71.4 Å². The predicted molar refractivity (Wildman–Crippen MR) is 114 cm³/mol. The van der Waals surface area contributed by atoms with Gasteiger partial charge in [-0.15, -0.1) is 0 Å². The van der Waals surface area contributed by atoms with Gasteiger partial charge in [-0.2, -0.15) is 0 Å². The number of piperidine rings is 1. The van der Waals surface area contributed by atoms with Crippen LogP contribution in [0.1, 0.15) is 40.2 Å². The van der Waals surface area contributed by atoms with E-state index in [1.807, 2.05) is 17.0 Å². The molecule has 0 spiro atoms. The fourth-order valence-corrected chi connectivity index (χ4v) is 4.15. The Morgan fingerprint density at radius 1 is 1.14 bits per heavy atom. The molecule has 3 aromatic rings. The van der Waals surface area contributed by atoms with Gasteiger partial charge in [0.05, 0.1) is 11.1 Å². The number of likely N-dealkylation sites (tertiary alicyclic amines) is 1. The van der Waals surface area contributed by atoms with E-state index in [0.717, 1.165) is 18.4 Å². The Hall–Kier alpha value is -2.74. The molecule has 1 fully saturated rings. The molecule has 1 saturated heterocycles. The Labute approximate surface area is 170 Å². The van der Waals surface area contributed by atoms with Crippen LogP contribution in [0.5, 0.6) is 0 Å². The number of carbonyl (C=O) groups is 1. The van der Waals surface area contributed by atoms with Crippen molar-refractivity contribution in [3.63, 3.8) is 0 Å². The van der Waals surface area contributed by atoms with Gasteiger partial charge in [0, 0.05) is 36.7 Å². The molecular formula is C22H24BN3O3. The summed E-state index contributed by atoms with van der Waals surface area (Å²) in [7, 11) is -1.63. The fourth-order valence-electron chi connectivity index (χ4n) is 4.15. The average molecular weight is 389 g/mol. The molecule has 1 aliphatic heterocycles. The summed E-state index contributed by atoms with van der Waals surface area (Å²) >= 11 is 0. The van der Waals surface area contributed by atoms with E-state index in [1.54, 1.807) is 30.5 Å². The number of rotatable bonds is 4. The van der Waals surface area contributed by atoms with Crippen LogP contribution in [0.15, 0.2) is 54.7 Å². The van der Waals surface area contributed by atoms with E-state index in [1.165, 1.54) is 5.56 Å². The number of hydrogen-bond donors (Lipinski definition) is 3. The Bertz CT molecular complexity index is 1030. The molecule has 1 aromatic heterocycles. The third kappa shape index (κ3) is 3.89. The molecule has 1 amide bonds. The summed E-state index contributed by atoms with van der Waals surface area (Å²) in [4.78, 5) is 19.3. The summed E-state index contributed by atoms with van der Waals surface area (Å²) in [6, 6.07) is 15.2. The topological polar surface area (TPSA) is 99.7 Å². The van der Waals surface area contributed by atoms with Gasteiger partial charge in [-0.3, -0.25) is 9.78 Å². The molecule has 0 bridgehead atoms. The van der Waals surface area contributed by atoms with E-state index in [2.05, 4.69) is 17.1 Å². The number of para-hydroxylation sites is 1. The lowest BCUT2D eigenvalue weighted by Crippen LogP contribution is -2.38. The first kappa shape index (κ1) is 19.6. The molecule has 148 valence electrons. The average Bonchev–Trinajstić information content (AvgIpc) is 2.77. The lowest BCUT2D eigenvalue weighted by Gasteiger charge is -2.32. The first-order chi connectivity index (χ1) is 14.1. The number of fused-ring (bicyclic) bond motifs is 1. The Balaban J connectivity index is 1.54. The Morgan fingerprint density at radius 2 is 1.90 bits per heavy atom. The van der Waals surface area contributed by atoms with Gasteiger partial charge >= 0.3 is 7.12 Å². The number of aromatic nitrogens is 1. The molecule has 6 nitrogen and oxygen atoms in total. The zero-order valence-electron chi connectivity index (χ0n) is 16.2. The highest BCUT2D eigenvalue weighted by Crippen LogP contribution is 2.29. The van der Waals surface area contributed by atoms with E-state index in [0.29, 0.717) is 47.5 Å². The molecule has 0 atom stereocenters. The minimum Gasteiger partial charge on any atom is -0.423 e. The third-order valence-corrected chi connectivity index (χ3v) is 5.75. The molecule has 0 unspecified atom stereocenters. The normalized spacial score (nSPS) is 14.9. The maximum absolute atomic E-state index is 13.2. The fraction of sp³-hybridized carbons (Fsp3) is 0.273. The highest BCUT2D eigenvalue weighted by molar-refractivity contribution is 6.61. The van der Waals surface area contributed by atoms with Crippen LogP contribution in [0.2, 0.25) is 0 Å². The number of nitrogens with zero attached hydrogens (tertiary/aromatic N) is 2. The quantitative estimate of drug-likeness (QED) is 0.586. The summed E-state index contributed by atoms with van der Waals surface area (Å²) in [5, 5.41) is 19.8. The SMILES string of the molecule is NCc1cccc(C2CCN(C(=O)c3ccnc4c(B(O)O)cccc34)CC2)c1. The van der Waals surface area contributed by atoms with Gasteiger partial charge in [-0.05, 0) is 36.0 Å². The molecule has 2 heterocycles. The van der Waals surface area contributed by atoms with Crippen molar-refractivity contribution in [1.29, 1.82) is 0 Å². The second kappa shape index (κ2) is 8.33. The van der Waals surface area contributed by atoms with Crippen molar-refractivity contribution in [2.45, 2.75) is 25.3 Å². The van der Waals surface area contributed by atoms with Gasteiger partial charge in [0.2, 0.25) is 0 Å². The van der Waals surface area contributed by atoms with Crippen molar-refractivity contribution in [2.75, 3.05) is 13.1 Å². The van der Waals surface area contributed by atoms with Crippen LogP contribution in [-0.2, 0) is 6.54 Å². The van der Waals surface area contributed by atoms with E-state index < -0.39 is 7.12 Å². The molecular weight excluding hydrogens is 365 g/mol. The molecule has 4 rings (SSSR count). The monoisotopic (exact) mass is 389 g/mol. The second-order valence-corrected chi connectivity index (χ2v) is 7.49. The number of benzene rings is 2. The van der Waals surface area contributed by atoms with Crippen LogP contribution in [0, 0.1) is 0 Å². The Kier molecular flexibility index (Phi) is 5.62. The lowest BCUT2D eigenvalue weighted by atomic mass is 9.78. The van der Waals surface area contributed by atoms with E-state index >= 15 is 0 Å². The van der Waals surface area contributed by atoms with Gasteiger partial charge in [0.1, 0.15) is 0 Å². The van der Waals surface area contributed by atoms with Crippen LogP contribution in [-0.4, -0.2) is 46.0 Å². The van der Waals surface area contributed by atoms with Gasteiger partial charge in [-0.25, -0.2) is 0 Å². The molecule has 2 aromatic carbocycles. The van der Waals surface area contributed by atoms with Crippen molar-refractivity contribution in [1.82, 2.24) is 9.88 Å². The number of hydrogen-bond acceptors (Lipinski definition) is 5. The molecule has 4 N–H and O–H groups in total. The van der Waals surface area contributed by atoms with Crippen LogP contribution >= 0.6 is 0 Å². The summed E-state index contributed by atoms with van der Waals surface area (Å²) in [6.07, 6.45) is 3.36. The van der Waals surface area contributed by atoms with Crippen LogP contribution in [0.3, 0.4) is 0 Å². The summed E-state index contributed by atoms with van der Waals surface area (Å²) < 4.78 is 0. The van der Waals surface area contributed by atoms with Crippen LogP contribution in [0.4, 0.5) is 0 Å². The molecule has 0 radical (unpaired) electrons. The zero-order chi connectivity index (χ0) is 20.4. The van der Waals surface area contributed by atoms with Crippen molar-refractivity contribution < 1.29 is 14.8 Å². The van der Waals surface area contributed by atoms with E-state index in [9.17, 15) is 14.8 Å². The third-order valence-electron chi connectivity index (χ3n) is 5.75. The minimum atomic E-state index is -1.63. The van der Waals surface area contributed by atoms with Crippen LogP contribution < -0.4 is 11.2 Å². The highest BCUT2D eigenvalue weighted by atomic mass is 16.4. The zero-order valence-corrected chi connectivity index (χ0v) is 16.2. The molecule has 29 heavy (non-hydrogen) atoms. The van der Waals surface area contributed by atoms with E-state index in [-0.39, 0.29) is 5.91 Å². The Morgan fingerprint density at radius 3 is 2.62 bits per heavy atom. The van der Waals surface area contributed by atoms with Crippen LogP contribution in [0.25, 0.3) is 10.9 Å². The molecule has 0 aliphatic carbocycles. The first-order valence-electron chi connectivity index (χ1n) is 9.90. The maximum Gasteiger partial charge on any atom is 0.490 e. The first-order valence-corrected chi connectivity index (χ1v) is 9.90. The van der Waals surface area contributed by atoms with Crippen molar-refractivity contribution >= 4 is 29.4 Å². The molecule has 0 saturated carbocycles. The van der Waals surface area contributed by atoms with Crippen molar-refractivity contribution in [2.24, 2.45) is 5.73 Å². The number of nitrogens with two attached hydrogens (primary N) is 1. The van der Waals surface area contributed by atoms with Crippen molar-refractivity contribution in [3.8, 4) is 0 Å². The van der Waals surface area contributed by atoms with Gasteiger partial charge < -0.3 is 20.7 Å². The van der Waals surface area contributed by atoms with Gasteiger partial charge in [0.25, 0.3) is 5.91 Å². The van der Waals surface area contributed by atoms with Gasteiger partial charge in [-0.1, -0.05) is 42.5 Å². The number of carbonyl (C=O) groups excluding carboxylic acids is 1. The lowest BCUT2D eigenvalue weighted by molar-refractivity contribution is 0.0715. The number of amides is 1. The minimum absolute atomic E-state index is 0.0452. The van der Waals surface area contributed by atoms with E-state index in [4.69, 9.17) is 5.73 Å². The maximum atomic E-state index is 13.2. The summed E-state index contributed by atoms with van der Waals surface area (Å²) in [5.74, 6) is 0.381. The summed E-state index contributed by atoms with van der Waals surface area (Å²) in [6.45, 7) is 1.90. The molecule has 7 heteroatoms. The standard InChI is InChI=1S/C22H24BN3O3/c24-14-15-3-1-4-17(13-15)16-8-11-26(12-9-16)22(27)19-7-10-25-21-18(19)5-2-6-20(21)23(28)29/h1-7,10,13,16,28-29H,8-9,11-12,14,24H2.